The van der Waals surface area contributed by atoms with E-state index in [4.69, 9.17) is 9.47 Å². The van der Waals surface area contributed by atoms with Crippen LogP contribution in [0.5, 0.6) is 17.2 Å². The van der Waals surface area contributed by atoms with Crippen molar-refractivity contribution in [2.75, 3.05) is 26.1 Å². The molecule has 150 valence electrons. The van der Waals surface area contributed by atoms with Crippen LogP contribution in [0.25, 0.3) is 6.08 Å². The smallest absolute Gasteiger partial charge is 0.422 e. The van der Waals surface area contributed by atoms with Gasteiger partial charge in [-0.15, -0.1) is 0 Å². The largest absolute Gasteiger partial charge is 0.497 e. The molecule has 0 atom stereocenters. The number of hydrogen-bond acceptors (Lipinski definition) is 4. The average Bonchev–Trinajstić information content (AvgIpc) is 2.64. The average molecular weight is 399 g/mol. The van der Waals surface area contributed by atoms with Crippen LogP contribution in [0, 0.1) is 5.82 Å². The van der Waals surface area contributed by atoms with Gasteiger partial charge in [-0.2, -0.15) is 13.2 Å². The molecule has 9 heteroatoms. The first-order chi connectivity index (χ1) is 13.2. The summed E-state index contributed by atoms with van der Waals surface area (Å²) in [5.41, 5.74) is 0.362. The lowest BCUT2D eigenvalue weighted by molar-refractivity contribution is -0.153. The molecule has 0 saturated carbocycles. The van der Waals surface area contributed by atoms with Crippen LogP contribution < -0.4 is 19.5 Å². The van der Waals surface area contributed by atoms with Crippen LogP contribution in [0.3, 0.4) is 0 Å². The molecule has 0 radical (unpaired) electrons. The van der Waals surface area contributed by atoms with Gasteiger partial charge < -0.3 is 19.5 Å². The lowest BCUT2D eigenvalue weighted by Crippen LogP contribution is -2.20. The summed E-state index contributed by atoms with van der Waals surface area (Å²) in [6, 6.07) is 7.74. The number of carbonyl (C=O) groups is 1. The third-order valence-corrected chi connectivity index (χ3v) is 3.39. The molecule has 2 aromatic rings. The number of anilines is 1. The van der Waals surface area contributed by atoms with Gasteiger partial charge >= 0.3 is 6.18 Å². The standard InChI is InChI=1S/C19H17F4NO4/c1-26-14-7-12(8-15(10-14)27-2)3-6-18(25)24-16-9-13(20)4-5-17(16)28-11-19(21,22)23/h3-10H,11H2,1-2H3,(H,24,25). The zero-order valence-electron chi connectivity index (χ0n) is 15.0. The number of nitrogens with one attached hydrogen (secondary N) is 1. The fourth-order valence-corrected chi connectivity index (χ4v) is 2.16. The van der Waals surface area contributed by atoms with Gasteiger partial charge in [-0.25, -0.2) is 4.39 Å². The Bertz CT molecular complexity index is 843. The molecule has 1 N–H and O–H groups in total. The first kappa shape index (κ1) is 21.1. The van der Waals surface area contributed by atoms with Gasteiger partial charge in [-0.3, -0.25) is 4.79 Å². The van der Waals surface area contributed by atoms with Gasteiger partial charge in [0.2, 0.25) is 5.91 Å². The molecule has 5 nitrogen and oxygen atoms in total. The quantitative estimate of drug-likeness (QED) is 0.553. The zero-order chi connectivity index (χ0) is 20.7. The third kappa shape index (κ3) is 6.49. The number of methoxy groups -OCH3 is 2. The Kier molecular flexibility index (Phi) is 6.86. The second kappa shape index (κ2) is 9.12. The van der Waals surface area contributed by atoms with Crippen molar-refractivity contribution in [2.24, 2.45) is 0 Å². The molecule has 2 aromatic carbocycles. The van der Waals surface area contributed by atoms with Crippen molar-refractivity contribution in [2.45, 2.75) is 6.18 Å². The number of alkyl halides is 3. The van der Waals surface area contributed by atoms with E-state index in [-0.39, 0.29) is 11.4 Å². The third-order valence-electron chi connectivity index (χ3n) is 3.39. The minimum absolute atomic E-state index is 0.220. The van der Waals surface area contributed by atoms with E-state index in [0.717, 1.165) is 24.3 Å². The molecule has 0 spiro atoms. The molecular formula is C19H17F4NO4. The maximum absolute atomic E-state index is 13.4. The fourth-order valence-electron chi connectivity index (χ4n) is 2.16. The highest BCUT2D eigenvalue weighted by molar-refractivity contribution is 6.02. The van der Waals surface area contributed by atoms with Crippen LogP contribution in [0.15, 0.2) is 42.5 Å². The number of hydrogen-bond donors (Lipinski definition) is 1. The molecule has 0 unspecified atom stereocenters. The Morgan fingerprint density at radius 1 is 1.07 bits per heavy atom. The van der Waals surface area contributed by atoms with Gasteiger partial charge in [-0.05, 0) is 35.9 Å². The van der Waals surface area contributed by atoms with E-state index in [1.807, 2.05) is 0 Å². The maximum Gasteiger partial charge on any atom is 0.422 e. The summed E-state index contributed by atoms with van der Waals surface area (Å²) in [6.45, 7) is -1.57. The lowest BCUT2D eigenvalue weighted by atomic mass is 10.2. The molecule has 0 fully saturated rings. The first-order valence-corrected chi connectivity index (χ1v) is 7.91. The van der Waals surface area contributed by atoms with E-state index < -0.39 is 24.5 Å². The van der Waals surface area contributed by atoms with Gasteiger partial charge in [0.15, 0.2) is 6.61 Å². The predicted molar refractivity (Wildman–Crippen MR) is 95.2 cm³/mol. The number of ether oxygens (including phenoxy) is 3. The van der Waals surface area contributed by atoms with Crippen molar-refractivity contribution < 1.29 is 36.6 Å². The minimum atomic E-state index is -4.57. The van der Waals surface area contributed by atoms with E-state index in [0.29, 0.717) is 17.1 Å². The molecule has 0 aliphatic heterocycles. The van der Waals surface area contributed by atoms with Gasteiger partial charge in [0.25, 0.3) is 0 Å². The Balaban J connectivity index is 2.14. The molecule has 1 amide bonds. The monoisotopic (exact) mass is 399 g/mol. The number of amides is 1. The Hall–Kier alpha value is -3.23. The number of rotatable bonds is 7. The van der Waals surface area contributed by atoms with Gasteiger partial charge in [0.05, 0.1) is 19.9 Å². The van der Waals surface area contributed by atoms with Crippen LogP contribution in [0.4, 0.5) is 23.2 Å². The summed E-state index contributed by atoms with van der Waals surface area (Å²) < 4.78 is 65.3. The number of halogens is 4. The normalized spacial score (nSPS) is 11.4. The molecule has 0 heterocycles. The topological polar surface area (TPSA) is 56.8 Å². The number of benzene rings is 2. The molecule has 0 bridgehead atoms. The highest BCUT2D eigenvalue weighted by atomic mass is 19.4. The van der Waals surface area contributed by atoms with Crippen LogP contribution in [-0.4, -0.2) is 32.9 Å². The molecule has 0 aliphatic carbocycles. The van der Waals surface area contributed by atoms with Crippen molar-refractivity contribution in [1.29, 1.82) is 0 Å². The van der Waals surface area contributed by atoms with Crippen molar-refractivity contribution in [3.63, 3.8) is 0 Å². The van der Waals surface area contributed by atoms with Crippen LogP contribution >= 0.6 is 0 Å². The van der Waals surface area contributed by atoms with Crippen molar-refractivity contribution in [3.8, 4) is 17.2 Å². The van der Waals surface area contributed by atoms with Crippen molar-refractivity contribution in [3.05, 3.63) is 53.9 Å². The van der Waals surface area contributed by atoms with Crippen molar-refractivity contribution >= 4 is 17.7 Å². The van der Waals surface area contributed by atoms with E-state index in [2.05, 4.69) is 10.1 Å². The van der Waals surface area contributed by atoms with Crippen LogP contribution in [0.2, 0.25) is 0 Å². The number of carbonyl (C=O) groups excluding carboxylic acids is 1. The van der Waals surface area contributed by atoms with Crippen LogP contribution in [-0.2, 0) is 4.79 Å². The second-order valence-electron chi connectivity index (χ2n) is 5.51. The van der Waals surface area contributed by atoms with Gasteiger partial charge in [-0.1, -0.05) is 0 Å². The Morgan fingerprint density at radius 2 is 1.71 bits per heavy atom. The molecule has 2 rings (SSSR count). The van der Waals surface area contributed by atoms with E-state index in [9.17, 15) is 22.4 Å². The summed E-state index contributed by atoms with van der Waals surface area (Å²) in [5, 5.41) is 2.29. The SMILES string of the molecule is COc1cc(C=CC(=O)Nc2cc(F)ccc2OCC(F)(F)F)cc(OC)c1. The molecule has 0 saturated heterocycles. The fraction of sp³-hybridized carbons (Fsp3) is 0.211. The summed E-state index contributed by atoms with van der Waals surface area (Å²) in [6.07, 6.45) is -2.00. The summed E-state index contributed by atoms with van der Waals surface area (Å²) in [7, 11) is 2.95. The highest BCUT2D eigenvalue weighted by Gasteiger charge is 2.29. The highest BCUT2D eigenvalue weighted by Crippen LogP contribution is 2.28. The zero-order valence-corrected chi connectivity index (χ0v) is 15.0. The molecule has 0 aromatic heterocycles. The summed E-state index contributed by atoms with van der Waals surface area (Å²) in [5.74, 6) is -0.719. The summed E-state index contributed by atoms with van der Waals surface area (Å²) >= 11 is 0. The Morgan fingerprint density at radius 3 is 2.29 bits per heavy atom. The summed E-state index contributed by atoms with van der Waals surface area (Å²) in [4.78, 5) is 12.1. The van der Waals surface area contributed by atoms with Crippen molar-refractivity contribution in [1.82, 2.24) is 0 Å². The molecule has 0 aliphatic rings. The van der Waals surface area contributed by atoms with Gasteiger partial charge in [0, 0.05) is 18.2 Å². The predicted octanol–water partition coefficient (Wildman–Crippen LogP) is 4.44. The van der Waals surface area contributed by atoms with E-state index >= 15 is 0 Å². The van der Waals surface area contributed by atoms with Crippen LogP contribution in [0.1, 0.15) is 5.56 Å². The second-order valence-corrected chi connectivity index (χ2v) is 5.51. The first-order valence-electron chi connectivity index (χ1n) is 7.91. The molecule has 28 heavy (non-hydrogen) atoms. The molecular weight excluding hydrogens is 382 g/mol. The minimum Gasteiger partial charge on any atom is -0.497 e. The van der Waals surface area contributed by atoms with Gasteiger partial charge in [0.1, 0.15) is 23.1 Å². The van der Waals surface area contributed by atoms with E-state index in [1.54, 1.807) is 18.2 Å². The van der Waals surface area contributed by atoms with E-state index in [1.165, 1.54) is 20.3 Å². The Labute approximate surface area is 158 Å². The maximum atomic E-state index is 13.4. The lowest BCUT2D eigenvalue weighted by Gasteiger charge is -2.13.